The highest BCUT2D eigenvalue weighted by Gasteiger charge is 2.25. The van der Waals surface area contributed by atoms with Crippen LogP contribution in [-0.4, -0.2) is 15.5 Å². The fraction of sp³-hybridized carbons (Fsp3) is 0.417. The molecule has 1 unspecified atom stereocenters. The van der Waals surface area contributed by atoms with E-state index in [0.717, 1.165) is 5.56 Å². The summed E-state index contributed by atoms with van der Waals surface area (Å²) in [4.78, 5) is 0. The average Bonchev–Trinajstić information content (AvgIpc) is 2.12. The predicted octanol–water partition coefficient (Wildman–Crippen LogP) is 2.88. The van der Waals surface area contributed by atoms with Crippen LogP contribution in [0.1, 0.15) is 31.9 Å². The summed E-state index contributed by atoms with van der Waals surface area (Å²) in [5.74, 6) is 0. The molecule has 0 spiro atoms. The Bertz CT molecular complexity index is 355. The van der Waals surface area contributed by atoms with Crippen molar-refractivity contribution in [1.82, 2.24) is 0 Å². The van der Waals surface area contributed by atoms with Crippen molar-refractivity contribution >= 4 is 17.6 Å². The normalized spacial score (nSPS) is 14.5. The van der Waals surface area contributed by atoms with Crippen molar-refractivity contribution in [1.29, 1.82) is 0 Å². The van der Waals surface area contributed by atoms with E-state index in [1.807, 2.05) is 52.0 Å². The summed E-state index contributed by atoms with van der Waals surface area (Å²) in [6.45, 7) is 7.77. The molecule has 0 aliphatic rings. The number of aryl methyl sites for hydroxylation is 1. The van der Waals surface area contributed by atoms with Gasteiger partial charge in [0.2, 0.25) is 0 Å². The smallest absolute Gasteiger partial charge is 0.144 e. The Morgan fingerprint density at radius 2 is 2.00 bits per heavy atom. The van der Waals surface area contributed by atoms with Gasteiger partial charge in [-0.05, 0) is 33.3 Å². The molecule has 1 rings (SSSR count). The molecule has 0 N–H and O–H groups in total. The first-order chi connectivity index (χ1) is 6.89. The number of hydrogen-bond donors (Lipinski definition) is 0. The molecule has 0 fully saturated rings. The minimum Gasteiger partial charge on any atom is -0.591 e. The highest BCUT2D eigenvalue weighted by molar-refractivity contribution is 7.91. The van der Waals surface area contributed by atoms with Gasteiger partial charge in [0.15, 0.2) is 0 Å². The lowest BCUT2D eigenvalue weighted by molar-refractivity contribution is 0.562. The fourth-order valence-corrected chi connectivity index (χ4v) is 1.55. The summed E-state index contributed by atoms with van der Waals surface area (Å²) in [6, 6.07) is 7.97. The molecule has 1 aromatic rings. The first-order valence-corrected chi connectivity index (χ1v) is 6.03. The molecule has 0 bridgehead atoms. The van der Waals surface area contributed by atoms with Gasteiger partial charge in [0.05, 0.1) is 6.21 Å². The fourth-order valence-electron chi connectivity index (χ4n) is 1.02. The molecular weight excluding hydrogens is 206 g/mol. The zero-order chi connectivity index (χ0) is 11.5. The quantitative estimate of drug-likeness (QED) is 0.561. The van der Waals surface area contributed by atoms with Gasteiger partial charge in [-0.1, -0.05) is 34.2 Å². The molecule has 0 saturated heterocycles. The Balaban J connectivity index is 2.74. The molecule has 2 nitrogen and oxygen atoms in total. The summed E-state index contributed by atoms with van der Waals surface area (Å²) < 4.78 is 15.4. The number of rotatable bonds is 2. The van der Waals surface area contributed by atoms with E-state index in [-0.39, 0.29) is 4.75 Å². The predicted molar refractivity (Wildman–Crippen MR) is 66.7 cm³/mol. The lowest BCUT2D eigenvalue weighted by Crippen LogP contribution is -2.25. The second-order valence-electron chi connectivity index (χ2n) is 4.51. The molecule has 15 heavy (non-hydrogen) atoms. The SMILES string of the molecule is Cc1cccc(/C=N/[S+]([O-])C(C)(C)C)c1. The van der Waals surface area contributed by atoms with E-state index in [1.165, 1.54) is 5.56 Å². The molecule has 0 amide bonds. The van der Waals surface area contributed by atoms with Crippen LogP contribution in [-0.2, 0) is 11.4 Å². The van der Waals surface area contributed by atoms with Crippen LogP contribution < -0.4 is 0 Å². The van der Waals surface area contributed by atoms with E-state index in [9.17, 15) is 4.55 Å². The molecule has 3 heteroatoms. The number of benzene rings is 1. The van der Waals surface area contributed by atoms with E-state index in [2.05, 4.69) is 4.40 Å². The van der Waals surface area contributed by atoms with Gasteiger partial charge >= 0.3 is 0 Å². The Hall–Kier alpha value is -0.800. The zero-order valence-corrected chi connectivity index (χ0v) is 10.5. The van der Waals surface area contributed by atoms with Gasteiger partial charge in [-0.15, -0.1) is 0 Å². The van der Waals surface area contributed by atoms with E-state index in [4.69, 9.17) is 0 Å². The Labute approximate surface area is 94.7 Å². The molecule has 0 heterocycles. The average molecular weight is 223 g/mol. The van der Waals surface area contributed by atoms with Crippen LogP contribution in [0.3, 0.4) is 0 Å². The second-order valence-corrected chi connectivity index (χ2v) is 6.44. The largest absolute Gasteiger partial charge is 0.591 e. The molecule has 0 saturated carbocycles. The van der Waals surface area contributed by atoms with Gasteiger partial charge in [0.1, 0.15) is 16.1 Å². The Kier molecular flexibility index (Phi) is 3.94. The van der Waals surface area contributed by atoms with E-state index in [0.29, 0.717) is 0 Å². The highest BCUT2D eigenvalue weighted by atomic mass is 32.2. The minimum absolute atomic E-state index is 0.291. The van der Waals surface area contributed by atoms with Crippen LogP contribution in [0.25, 0.3) is 0 Å². The van der Waals surface area contributed by atoms with Gasteiger partial charge < -0.3 is 4.55 Å². The highest BCUT2D eigenvalue weighted by Crippen LogP contribution is 2.16. The van der Waals surface area contributed by atoms with Gasteiger partial charge in [-0.2, -0.15) is 0 Å². The van der Waals surface area contributed by atoms with E-state index in [1.54, 1.807) is 6.21 Å². The van der Waals surface area contributed by atoms with Crippen LogP contribution >= 0.6 is 0 Å². The maximum absolute atomic E-state index is 11.6. The van der Waals surface area contributed by atoms with Crippen molar-refractivity contribution < 1.29 is 4.55 Å². The van der Waals surface area contributed by atoms with Crippen molar-refractivity contribution in [2.45, 2.75) is 32.4 Å². The molecule has 0 aliphatic heterocycles. The van der Waals surface area contributed by atoms with Crippen molar-refractivity contribution in [3.8, 4) is 0 Å². The van der Waals surface area contributed by atoms with Crippen LogP contribution in [0.2, 0.25) is 0 Å². The number of hydrogen-bond acceptors (Lipinski definition) is 2. The maximum atomic E-state index is 11.6. The molecule has 0 radical (unpaired) electrons. The molecule has 1 aromatic carbocycles. The first kappa shape index (κ1) is 12.3. The van der Waals surface area contributed by atoms with Crippen LogP contribution in [0.5, 0.6) is 0 Å². The molecular formula is C12H17NOS. The first-order valence-electron chi connectivity index (χ1n) is 4.92. The van der Waals surface area contributed by atoms with Gasteiger partial charge in [0.25, 0.3) is 0 Å². The van der Waals surface area contributed by atoms with Crippen molar-refractivity contribution in [3.63, 3.8) is 0 Å². The topological polar surface area (TPSA) is 35.4 Å². The van der Waals surface area contributed by atoms with Gasteiger partial charge in [-0.25, -0.2) is 0 Å². The summed E-state index contributed by atoms with van der Waals surface area (Å²) in [5, 5.41) is 0. The Morgan fingerprint density at radius 3 is 2.53 bits per heavy atom. The van der Waals surface area contributed by atoms with E-state index < -0.39 is 11.4 Å². The third kappa shape index (κ3) is 4.06. The van der Waals surface area contributed by atoms with Crippen molar-refractivity contribution in [2.24, 2.45) is 4.40 Å². The summed E-state index contributed by atoms with van der Waals surface area (Å²) in [5.41, 5.74) is 2.17. The van der Waals surface area contributed by atoms with Gasteiger partial charge in [0, 0.05) is 0 Å². The summed E-state index contributed by atoms with van der Waals surface area (Å²) in [6.07, 6.45) is 1.67. The van der Waals surface area contributed by atoms with Crippen LogP contribution in [0, 0.1) is 6.92 Å². The monoisotopic (exact) mass is 223 g/mol. The molecule has 1 atom stereocenters. The third-order valence-corrected chi connectivity index (χ3v) is 3.21. The maximum Gasteiger partial charge on any atom is 0.144 e. The standard InChI is InChI=1S/C12H17NOS/c1-10-6-5-7-11(8-10)9-13-15(14)12(2,3)4/h5-9H,1-4H3/b13-9+. The summed E-state index contributed by atoms with van der Waals surface area (Å²) in [7, 11) is 0. The second kappa shape index (κ2) is 4.81. The molecule has 82 valence electrons. The van der Waals surface area contributed by atoms with Gasteiger partial charge in [-0.3, -0.25) is 0 Å². The molecule has 0 aliphatic carbocycles. The lowest BCUT2D eigenvalue weighted by Gasteiger charge is -2.17. The Morgan fingerprint density at radius 1 is 1.33 bits per heavy atom. The minimum atomic E-state index is -1.17. The summed E-state index contributed by atoms with van der Waals surface area (Å²) >= 11 is -1.17. The van der Waals surface area contributed by atoms with Crippen LogP contribution in [0.15, 0.2) is 28.7 Å². The lowest BCUT2D eigenvalue weighted by atomic mass is 10.2. The molecule has 0 aromatic heterocycles. The number of nitrogens with zero attached hydrogens (tertiary/aromatic N) is 1. The third-order valence-electron chi connectivity index (χ3n) is 1.86. The zero-order valence-electron chi connectivity index (χ0n) is 9.65. The van der Waals surface area contributed by atoms with E-state index >= 15 is 0 Å². The van der Waals surface area contributed by atoms with Crippen molar-refractivity contribution in [2.75, 3.05) is 0 Å². The van der Waals surface area contributed by atoms with Crippen LogP contribution in [0.4, 0.5) is 0 Å². The van der Waals surface area contributed by atoms with Crippen molar-refractivity contribution in [3.05, 3.63) is 35.4 Å².